The molecule has 1 atom stereocenters. The summed E-state index contributed by atoms with van der Waals surface area (Å²) in [6.07, 6.45) is 4.11. The molecule has 2 heterocycles. The number of rotatable bonds is 7. The van der Waals surface area contributed by atoms with E-state index in [0.717, 1.165) is 30.7 Å². The molecule has 7 heteroatoms. The van der Waals surface area contributed by atoms with Gasteiger partial charge in [-0.2, -0.15) is 0 Å². The van der Waals surface area contributed by atoms with Gasteiger partial charge in [-0.05, 0) is 31.5 Å². The van der Waals surface area contributed by atoms with Gasteiger partial charge >= 0.3 is 0 Å². The summed E-state index contributed by atoms with van der Waals surface area (Å²) < 4.78 is 4.10. The molecular formula is C20H27N7. The van der Waals surface area contributed by atoms with Crippen LogP contribution >= 0.6 is 0 Å². The summed E-state index contributed by atoms with van der Waals surface area (Å²) in [5.41, 5.74) is 1.21. The van der Waals surface area contributed by atoms with Crippen molar-refractivity contribution in [2.24, 2.45) is 12.0 Å². The fraction of sp³-hybridized carbons (Fsp3) is 0.350. The second-order valence-corrected chi connectivity index (χ2v) is 6.51. The van der Waals surface area contributed by atoms with E-state index >= 15 is 0 Å². The highest BCUT2D eigenvalue weighted by molar-refractivity contribution is 5.80. The first-order valence-electron chi connectivity index (χ1n) is 9.19. The minimum absolute atomic E-state index is 0.144. The zero-order valence-corrected chi connectivity index (χ0v) is 16.1. The van der Waals surface area contributed by atoms with Crippen LogP contribution in [-0.4, -0.2) is 31.8 Å². The van der Waals surface area contributed by atoms with Crippen LogP contribution in [-0.2, 0) is 20.1 Å². The maximum Gasteiger partial charge on any atom is 0.192 e. The average Bonchev–Trinajstić information content (AvgIpc) is 3.31. The van der Waals surface area contributed by atoms with E-state index in [0.29, 0.717) is 6.54 Å². The Hall–Kier alpha value is -3.09. The molecule has 0 spiro atoms. The van der Waals surface area contributed by atoms with Crippen LogP contribution in [0.2, 0.25) is 0 Å². The third kappa shape index (κ3) is 5.20. The average molecular weight is 365 g/mol. The van der Waals surface area contributed by atoms with Gasteiger partial charge in [-0.3, -0.25) is 0 Å². The van der Waals surface area contributed by atoms with Gasteiger partial charge in [0, 0.05) is 32.5 Å². The van der Waals surface area contributed by atoms with E-state index in [1.54, 1.807) is 0 Å². The summed E-state index contributed by atoms with van der Waals surface area (Å²) in [5.74, 6) is 2.48. The van der Waals surface area contributed by atoms with Crippen LogP contribution in [0.4, 0.5) is 0 Å². The summed E-state index contributed by atoms with van der Waals surface area (Å²) in [7, 11) is 1.96. The van der Waals surface area contributed by atoms with Crippen LogP contribution in [0, 0.1) is 6.92 Å². The molecule has 3 rings (SSSR count). The molecule has 0 fully saturated rings. The van der Waals surface area contributed by atoms with Crippen molar-refractivity contribution in [2.75, 3.05) is 6.54 Å². The third-order valence-corrected chi connectivity index (χ3v) is 4.54. The van der Waals surface area contributed by atoms with E-state index in [1.807, 2.05) is 48.9 Å². The van der Waals surface area contributed by atoms with Gasteiger partial charge in [0.2, 0.25) is 0 Å². The predicted octanol–water partition coefficient (Wildman–Crippen LogP) is 2.42. The van der Waals surface area contributed by atoms with Crippen molar-refractivity contribution < 1.29 is 0 Å². The zero-order valence-electron chi connectivity index (χ0n) is 16.1. The molecule has 2 aromatic heterocycles. The van der Waals surface area contributed by atoms with Gasteiger partial charge in [0.25, 0.3) is 0 Å². The molecule has 0 bridgehead atoms. The van der Waals surface area contributed by atoms with Crippen molar-refractivity contribution in [1.82, 2.24) is 30.0 Å². The number of nitrogens with one attached hydrogen (secondary N) is 2. The quantitative estimate of drug-likeness (QED) is 0.498. The van der Waals surface area contributed by atoms with E-state index in [9.17, 15) is 0 Å². The normalized spacial score (nSPS) is 12.8. The van der Waals surface area contributed by atoms with Crippen molar-refractivity contribution in [2.45, 2.75) is 33.0 Å². The Kier molecular flexibility index (Phi) is 6.25. The first kappa shape index (κ1) is 18.7. The van der Waals surface area contributed by atoms with Crippen LogP contribution in [0.3, 0.4) is 0 Å². The lowest BCUT2D eigenvalue weighted by molar-refractivity contribution is 0.638. The molecule has 0 saturated carbocycles. The van der Waals surface area contributed by atoms with E-state index in [-0.39, 0.29) is 6.04 Å². The van der Waals surface area contributed by atoms with Crippen LogP contribution < -0.4 is 10.6 Å². The second kappa shape index (κ2) is 9.02. The topological polar surface area (TPSA) is 72.1 Å². The molecular weight excluding hydrogens is 338 g/mol. The monoisotopic (exact) mass is 365 g/mol. The van der Waals surface area contributed by atoms with Crippen LogP contribution in [0.1, 0.15) is 30.2 Å². The van der Waals surface area contributed by atoms with E-state index in [2.05, 4.69) is 56.8 Å². The maximum absolute atomic E-state index is 4.71. The SMILES string of the molecule is Cc1nnc(CN=C(NCCn2cccc2)NC(C)c2ccccc2)n1C. The van der Waals surface area contributed by atoms with Gasteiger partial charge in [-0.1, -0.05) is 30.3 Å². The smallest absolute Gasteiger partial charge is 0.192 e. The number of aryl methyl sites for hydroxylation is 1. The largest absolute Gasteiger partial charge is 0.355 e. The van der Waals surface area contributed by atoms with Gasteiger partial charge < -0.3 is 19.8 Å². The Morgan fingerprint density at radius 2 is 1.85 bits per heavy atom. The van der Waals surface area contributed by atoms with Gasteiger partial charge in [0.05, 0.1) is 6.04 Å². The van der Waals surface area contributed by atoms with Crippen LogP contribution in [0.25, 0.3) is 0 Å². The molecule has 0 amide bonds. The molecule has 0 saturated heterocycles. The van der Waals surface area contributed by atoms with E-state index in [4.69, 9.17) is 4.99 Å². The number of nitrogens with zero attached hydrogens (tertiary/aromatic N) is 5. The molecule has 27 heavy (non-hydrogen) atoms. The standard InChI is InChI=1S/C20H27N7/c1-16(18-9-5-4-6-10-18)23-20(21-11-14-27-12-7-8-13-27)22-15-19-25-24-17(2)26(19)3/h4-10,12-13,16H,11,14-15H2,1-3H3,(H2,21,22,23). The molecule has 0 aliphatic heterocycles. The summed E-state index contributed by atoms with van der Waals surface area (Å²) in [4.78, 5) is 4.71. The van der Waals surface area contributed by atoms with E-state index in [1.165, 1.54) is 5.56 Å². The summed E-state index contributed by atoms with van der Waals surface area (Å²) in [6.45, 7) is 6.19. The fourth-order valence-corrected chi connectivity index (χ4v) is 2.74. The lowest BCUT2D eigenvalue weighted by Gasteiger charge is -2.19. The Labute approximate surface area is 160 Å². The minimum atomic E-state index is 0.144. The Balaban J connectivity index is 1.66. The predicted molar refractivity (Wildman–Crippen MR) is 107 cm³/mol. The summed E-state index contributed by atoms with van der Waals surface area (Å²) in [5, 5.41) is 15.2. The van der Waals surface area contributed by atoms with Crippen LogP contribution in [0.15, 0.2) is 59.9 Å². The highest BCUT2D eigenvalue weighted by Gasteiger charge is 2.09. The first-order chi connectivity index (χ1) is 13.1. The Morgan fingerprint density at radius 3 is 2.52 bits per heavy atom. The second-order valence-electron chi connectivity index (χ2n) is 6.51. The highest BCUT2D eigenvalue weighted by atomic mass is 15.3. The van der Waals surface area contributed by atoms with E-state index < -0.39 is 0 Å². The maximum atomic E-state index is 4.71. The molecule has 142 valence electrons. The lowest BCUT2D eigenvalue weighted by Crippen LogP contribution is -2.40. The van der Waals surface area contributed by atoms with Gasteiger partial charge in [-0.15, -0.1) is 10.2 Å². The summed E-state index contributed by atoms with van der Waals surface area (Å²) >= 11 is 0. The number of hydrogen-bond acceptors (Lipinski definition) is 3. The van der Waals surface area contributed by atoms with Gasteiger partial charge in [-0.25, -0.2) is 4.99 Å². The first-order valence-corrected chi connectivity index (χ1v) is 9.19. The number of aliphatic imine (C=N–C) groups is 1. The van der Waals surface area contributed by atoms with Gasteiger partial charge in [0.1, 0.15) is 12.4 Å². The van der Waals surface area contributed by atoms with Crippen LogP contribution in [0.5, 0.6) is 0 Å². The number of benzene rings is 1. The molecule has 3 aromatic rings. The molecule has 1 aromatic carbocycles. The zero-order chi connectivity index (χ0) is 19.1. The van der Waals surface area contributed by atoms with Gasteiger partial charge in [0.15, 0.2) is 11.8 Å². The minimum Gasteiger partial charge on any atom is -0.355 e. The van der Waals surface area contributed by atoms with Crippen molar-refractivity contribution in [3.63, 3.8) is 0 Å². The lowest BCUT2D eigenvalue weighted by atomic mass is 10.1. The highest BCUT2D eigenvalue weighted by Crippen LogP contribution is 2.11. The van der Waals surface area contributed by atoms with Crippen molar-refractivity contribution in [1.29, 1.82) is 0 Å². The molecule has 0 radical (unpaired) electrons. The fourth-order valence-electron chi connectivity index (χ4n) is 2.74. The molecule has 2 N–H and O–H groups in total. The Morgan fingerprint density at radius 1 is 1.11 bits per heavy atom. The summed E-state index contributed by atoms with van der Waals surface area (Å²) in [6, 6.07) is 14.5. The molecule has 1 unspecified atom stereocenters. The number of hydrogen-bond donors (Lipinski definition) is 2. The third-order valence-electron chi connectivity index (χ3n) is 4.54. The van der Waals surface area contributed by atoms with Crippen molar-refractivity contribution in [3.05, 3.63) is 72.1 Å². The molecule has 0 aliphatic carbocycles. The van der Waals surface area contributed by atoms with Crippen molar-refractivity contribution in [3.8, 4) is 0 Å². The Bertz CT molecular complexity index is 850. The van der Waals surface area contributed by atoms with Crippen molar-refractivity contribution >= 4 is 5.96 Å². The molecule has 7 nitrogen and oxygen atoms in total. The molecule has 0 aliphatic rings. The number of aromatic nitrogens is 4. The number of guanidine groups is 1.